The number of carbonyl (C=O) groups excluding carboxylic acids is 1. The van der Waals surface area contributed by atoms with E-state index in [1.807, 2.05) is 0 Å². The van der Waals surface area contributed by atoms with E-state index in [1.54, 1.807) is 0 Å². The molecule has 0 N–H and O–H groups in total. The molecule has 1 atom stereocenters. The van der Waals surface area contributed by atoms with Crippen LogP contribution in [-0.4, -0.2) is 17.4 Å². The zero-order valence-electron chi connectivity index (χ0n) is 9.60. The lowest BCUT2D eigenvalue weighted by Gasteiger charge is -2.17. The molecule has 0 radical (unpaired) electrons. The largest absolute Gasteiger partial charge is 0.304 e. The van der Waals surface area contributed by atoms with Crippen molar-refractivity contribution in [2.45, 2.75) is 6.42 Å². The van der Waals surface area contributed by atoms with E-state index in [-0.39, 0.29) is 41.2 Å². The number of carbonyl (C=O) groups is 1. The van der Waals surface area contributed by atoms with Crippen LogP contribution in [0.25, 0.3) is 0 Å². The molecule has 1 amide bonds. The minimum Gasteiger partial charge on any atom is -0.304 e. The minimum absolute atomic E-state index is 0.197. The van der Waals surface area contributed by atoms with Crippen LogP contribution in [0, 0.1) is 28.4 Å². The van der Waals surface area contributed by atoms with Gasteiger partial charge in [0.2, 0.25) is 5.91 Å². The first kappa shape index (κ1) is 13.8. The van der Waals surface area contributed by atoms with Crippen LogP contribution in [0.3, 0.4) is 0 Å². The number of anilines is 1. The standard InChI is InChI=1S/C12H8BrClN2O3/c1-2-7-3-11(17)15(6-7)12-9(13)4-8(14)5-10(12)16(18)19/h1,4-5,7H,3,6H2. The van der Waals surface area contributed by atoms with Gasteiger partial charge in [-0.1, -0.05) is 11.6 Å². The summed E-state index contributed by atoms with van der Waals surface area (Å²) in [5, 5.41) is 11.3. The number of terminal acetylenes is 1. The number of benzene rings is 1. The molecular formula is C12H8BrClN2O3. The van der Waals surface area contributed by atoms with Crippen LogP contribution < -0.4 is 4.90 Å². The van der Waals surface area contributed by atoms with Gasteiger partial charge in [0, 0.05) is 34.4 Å². The zero-order chi connectivity index (χ0) is 14.2. The second-order valence-corrected chi connectivity index (χ2v) is 5.38. The highest BCUT2D eigenvalue weighted by Gasteiger charge is 2.35. The van der Waals surface area contributed by atoms with E-state index >= 15 is 0 Å². The van der Waals surface area contributed by atoms with Crippen molar-refractivity contribution in [2.75, 3.05) is 11.4 Å². The molecule has 1 aromatic rings. The van der Waals surface area contributed by atoms with Crippen LogP contribution in [0.4, 0.5) is 11.4 Å². The quantitative estimate of drug-likeness (QED) is 0.471. The maximum Gasteiger partial charge on any atom is 0.295 e. The van der Waals surface area contributed by atoms with Gasteiger partial charge in [-0.3, -0.25) is 14.9 Å². The molecule has 1 unspecified atom stereocenters. The molecule has 7 heteroatoms. The van der Waals surface area contributed by atoms with Crippen molar-refractivity contribution in [1.29, 1.82) is 0 Å². The van der Waals surface area contributed by atoms with Gasteiger partial charge < -0.3 is 4.90 Å². The van der Waals surface area contributed by atoms with Gasteiger partial charge in [0.15, 0.2) is 0 Å². The molecular weight excluding hydrogens is 336 g/mol. The Morgan fingerprint density at radius 2 is 2.26 bits per heavy atom. The number of halogens is 2. The third-order valence-corrected chi connectivity index (χ3v) is 3.66. The number of hydrogen-bond donors (Lipinski definition) is 0. The van der Waals surface area contributed by atoms with E-state index in [1.165, 1.54) is 17.0 Å². The van der Waals surface area contributed by atoms with E-state index in [4.69, 9.17) is 18.0 Å². The second-order valence-electron chi connectivity index (χ2n) is 4.08. The molecule has 2 rings (SSSR count). The first-order valence-corrected chi connectivity index (χ1v) is 6.51. The summed E-state index contributed by atoms with van der Waals surface area (Å²) >= 11 is 9.01. The molecule has 98 valence electrons. The summed E-state index contributed by atoms with van der Waals surface area (Å²) in [6, 6.07) is 2.73. The summed E-state index contributed by atoms with van der Waals surface area (Å²) in [4.78, 5) is 23.8. The fraction of sp³-hybridized carbons (Fsp3) is 0.250. The monoisotopic (exact) mass is 342 g/mol. The molecule has 1 aliphatic heterocycles. The van der Waals surface area contributed by atoms with E-state index in [0.29, 0.717) is 4.47 Å². The summed E-state index contributed by atoms with van der Waals surface area (Å²) in [5.74, 6) is 2.05. The average Bonchev–Trinajstić information content (AvgIpc) is 2.69. The van der Waals surface area contributed by atoms with Crippen LogP contribution in [0.2, 0.25) is 5.02 Å². The fourth-order valence-corrected chi connectivity index (χ4v) is 3.00. The summed E-state index contributed by atoms with van der Waals surface area (Å²) in [6.45, 7) is 0.274. The summed E-state index contributed by atoms with van der Waals surface area (Å²) in [6.07, 6.45) is 5.50. The Balaban J connectivity index is 2.54. The highest BCUT2D eigenvalue weighted by atomic mass is 79.9. The lowest BCUT2D eigenvalue weighted by molar-refractivity contribution is -0.384. The Morgan fingerprint density at radius 1 is 1.58 bits per heavy atom. The third-order valence-electron chi connectivity index (χ3n) is 2.84. The molecule has 0 bridgehead atoms. The van der Waals surface area contributed by atoms with Crippen molar-refractivity contribution < 1.29 is 9.72 Å². The molecule has 1 fully saturated rings. The lowest BCUT2D eigenvalue weighted by atomic mass is 10.1. The molecule has 1 aliphatic rings. The van der Waals surface area contributed by atoms with Crippen molar-refractivity contribution in [3.63, 3.8) is 0 Å². The third kappa shape index (κ3) is 2.57. The van der Waals surface area contributed by atoms with Crippen molar-refractivity contribution in [3.05, 3.63) is 31.7 Å². The summed E-state index contributed by atoms with van der Waals surface area (Å²) in [5.41, 5.74) is -0.0115. The van der Waals surface area contributed by atoms with Crippen molar-refractivity contribution in [1.82, 2.24) is 0 Å². The summed E-state index contributed by atoms with van der Waals surface area (Å²) in [7, 11) is 0. The van der Waals surface area contributed by atoms with Crippen molar-refractivity contribution in [3.8, 4) is 12.3 Å². The Morgan fingerprint density at radius 3 is 2.79 bits per heavy atom. The van der Waals surface area contributed by atoms with E-state index in [2.05, 4.69) is 21.9 Å². The summed E-state index contributed by atoms with van der Waals surface area (Å²) < 4.78 is 0.401. The highest BCUT2D eigenvalue weighted by molar-refractivity contribution is 9.10. The highest BCUT2D eigenvalue weighted by Crippen LogP contribution is 2.40. The van der Waals surface area contributed by atoms with E-state index < -0.39 is 4.92 Å². The SMILES string of the molecule is C#CC1CC(=O)N(c2c(Br)cc(Cl)cc2[N+](=O)[O-])C1. The minimum atomic E-state index is -0.567. The molecule has 0 saturated carbocycles. The maximum atomic E-state index is 11.9. The van der Waals surface area contributed by atoms with E-state index in [0.717, 1.165) is 0 Å². The maximum absolute atomic E-state index is 11.9. The van der Waals surface area contributed by atoms with Crippen LogP contribution >= 0.6 is 27.5 Å². The van der Waals surface area contributed by atoms with Crippen LogP contribution in [0.1, 0.15) is 6.42 Å². The van der Waals surface area contributed by atoms with Gasteiger partial charge in [0.1, 0.15) is 5.69 Å². The van der Waals surface area contributed by atoms with Gasteiger partial charge in [-0.05, 0) is 22.0 Å². The molecule has 1 saturated heterocycles. The molecule has 19 heavy (non-hydrogen) atoms. The van der Waals surface area contributed by atoms with Gasteiger partial charge in [0.05, 0.1) is 4.92 Å². The molecule has 1 heterocycles. The first-order valence-electron chi connectivity index (χ1n) is 5.34. The van der Waals surface area contributed by atoms with E-state index in [9.17, 15) is 14.9 Å². The molecule has 0 aliphatic carbocycles. The number of rotatable bonds is 2. The number of nitro groups is 1. The van der Waals surface area contributed by atoms with Gasteiger partial charge in [0.25, 0.3) is 5.69 Å². The Bertz CT molecular complexity index is 612. The second kappa shape index (κ2) is 5.19. The molecule has 1 aromatic carbocycles. The molecule has 5 nitrogen and oxygen atoms in total. The topological polar surface area (TPSA) is 63.5 Å². The van der Waals surface area contributed by atoms with Crippen LogP contribution in [0.15, 0.2) is 16.6 Å². The Hall–Kier alpha value is -1.58. The van der Waals surface area contributed by atoms with Crippen LogP contribution in [-0.2, 0) is 4.79 Å². The number of nitro benzene ring substituents is 1. The number of nitrogens with zero attached hydrogens (tertiary/aromatic N) is 2. The van der Waals surface area contributed by atoms with Crippen molar-refractivity contribution >= 4 is 44.8 Å². The van der Waals surface area contributed by atoms with Gasteiger partial charge in [-0.25, -0.2) is 0 Å². The van der Waals surface area contributed by atoms with Crippen LogP contribution in [0.5, 0.6) is 0 Å². The molecule has 0 aromatic heterocycles. The predicted molar refractivity (Wildman–Crippen MR) is 75.1 cm³/mol. The number of hydrogen-bond acceptors (Lipinski definition) is 3. The molecule has 0 spiro atoms. The van der Waals surface area contributed by atoms with Crippen molar-refractivity contribution in [2.24, 2.45) is 5.92 Å². The fourth-order valence-electron chi connectivity index (χ4n) is 1.99. The lowest BCUT2D eigenvalue weighted by Crippen LogP contribution is -2.25. The normalized spacial score (nSPS) is 18.5. The smallest absolute Gasteiger partial charge is 0.295 e. The Labute approximate surface area is 122 Å². The first-order chi connectivity index (χ1) is 8.93. The average molecular weight is 344 g/mol. The van der Waals surface area contributed by atoms with Gasteiger partial charge >= 0.3 is 0 Å². The van der Waals surface area contributed by atoms with Gasteiger partial charge in [-0.15, -0.1) is 12.3 Å². The number of amides is 1. The predicted octanol–water partition coefficient (Wildman–Crippen LogP) is 3.00. The van der Waals surface area contributed by atoms with Gasteiger partial charge in [-0.2, -0.15) is 0 Å². The zero-order valence-corrected chi connectivity index (χ0v) is 11.9. The Kier molecular flexibility index (Phi) is 3.78.